The summed E-state index contributed by atoms with van der Waals surface area (Å²) in [5.74, 6) is 0.705. The Hall–Kier alpha value is -3.91. The molecule has 2 heterocycles. The summed E-state index contributed by atoms with van der Waals surface area (Å²) in [7, 11) is 0. The lowest BCUT2D eigenvalue weighted by atomic mass is 9.80. The zero-order valence-electron chi connectivity index (χ0n) is 18.0. The highest BCUT2D eigenvalue weighted by Gasteiger charge is 2.34. The topological polar surface area (TPSA) is 132 Å². The molecule has 4 N–H and O–H groups in total. The average Bonchev–Trinajstić information content (AvgIpc) is 3.22. The standard InChI is InChI=1S/C25H25N5O3/c26-22-21-20(16-6-8-19(9-7-16)33-18-4-2-1-3-5-18)14-30(23(21)29-15-28-22)17-10-12-25(27,13-11-17)24(31)32/h1-9,14-15,17H,10-13,27H2,(H,31,32)(H2,26,28,29)/p-1. The third-order valence-corrected chi connectivity index (χ3v) is 6.43. The minimum absolute atomic E-state index is 0.0623. The Morgan fingerprint density at radius 3 is 2.36 bits per heavy atom. The fourth-order valence-corrected chi connectivity index (χ4v) is 4.53. The number of para-hydroxylation sites is 1. The Bertz CT molecular complexity index is 1290. The van der Waals surface area contributed by atoms with E-state index in [0.29, 0.717) is 31.5 Å². The van der Waals surface area contributed by atoms with E-state index in [9.17, 15) is 9.90 Å². The van der Waals surface area contributed by atoms with Crippen LogP contribution in [0, 0.1) is 0 Å². The van der Waals surface area contributed by atoms with Gasteiger partial charge in [0, 0.05) is 17.8 Å². The van der Waals surface area contributed by atoms with E-state index in [0.717, 1.165) is 33.7 Å². The van der Waals surface area contributed by atoms with Crippen LogP contribution in [0.5, 0.6) is 11.5 Å². The number of benzene rings is 2. The number of rotatable bonds is 5. The van der Waals surface area contributed by atoms with Crippen LogP contribution < -0.4 is 21.3 Å². The molecule has 0 radical (unpaired) electrons. The molecule has 4 aromatic rings. The number of fused-ring (bicyclic) bond motifs is 1. The molecular formula is C25H24N5O3-. The summed E-state index contributed by atoms with van der Waals surface area (Å²) in [5.41, 5.74) is 13.6. The molecule has 1 fully saturated rings. The van der Waals surface area contributed by atoms with Gasteiger partial charge in [-0.05, 0) is 55.5 Å². The van der Waals surface area contributed by atoms with Gasteiger partial charge in [-0.2, -0.15) is 0 Å². The summed E-state index contributed by atoms with van der Waals surface area (Å²) in [6.07, 6.45) is 5.40. The zero-order chi connectivity index (χ0) is 23.0. The van der Waals surface area contributed by atoms with Crippen LogP contribution in [0.3, 0.4) is 0 Å². The van der Waals surface area contributed by atoms with Crippen molar-refractivity contribution < 1.29 is 14.6 Å². The molecule has 8 nitrogen and oxygen atoms in total. The van der Waals surface area contributed by atoms with Gasteiger partial charge in [0.15, 0.2) is 0 Å². The molecular weight excluding hydrogens is 418 g/mol. The fraction of sp³-hybridized carbons (Fsp3) is 0.240. The number of nitrogen functional groups attached to an aromatic ring is 1. The first kappa shape index (κ1) is 21.0. The number of anilines is 1. The van der Waals surface area contributed by atoms with Gasteiger partial charge in [0.2, 0.25) is 0 Å². The minimum atomic E-state index is -1.27. The molecule has 168 valence electrons. The molecule has 8 heteroatoms. The summed E-state index contributed by atoms with van der Waals surface area (Å²) in [4.78, 5) is 20.1. The van der Waals surface area contributed by atoms with E-state index >= 15 is 0 Å². The molecule has 0 bridgehead atoms. The van der Waals surface area contributed by atoms with Gasteiger partial charge in [0.1, 0.15) is 29.3 Å². The van der Waals surface area contributed by atoms with Crippen LogP contribution in [-0.4, -0.2) is 26.0 Å². The number of hydrogen-bond acceptors (Lipinski definition) is 7. The Morgan fingerprint density at radius 2 is 1.70 bits per heavy atom. The minimum Gasteiger partial charge on any atom is -0.548 e. The van der Waals surface area contributed by atoms with Crippen molar-refractivity contribution in [1.82, 2.24) is 14.5 Å². The van der Waals surface area contributed by atoms with Gasteiger partial charge < -0.3 is 30.7 Å². The number of carboxylic acids is 1. The quantitative estimate of drug-likeness (QED) is 0.485. The number of carboxylic acid groups (broad SMARTS) is 1. The number of hydrogen-bond donors (Lipinski definition) is 2. The van der Waals surface area contributed by atoms with Crippen LogP contribution in [0.4, 0.5) is 5.82 Å². The molecule has 0 spiro atoms. The number of ether oxygens (including phenoxy) is 1. The average molecular weight is 442 g/mol. The number of aromatic nitrogens is 3. The first-order valence-electron chi connectivity index (χ1n) is 10.9. The van der Waals surface area contributed by atoms with Crippen LogP contribution in [0.15, 0.2) is 67.1 Å². The molecule has 2 aromatic carbocycles. The van der Waals surface area contributed by atoms with Gasteiger partial charge in [0.05, 0.1) is 16.9 Å². The van der Waals surface area contributed by atoms with Gasteiger partial charge in [-0.3, -0.25) is 0 Å². The summed E-state index contributed by atoms with van der Waals surface area (Å²) >= 11 is 0. The van der Waals surface area contributed by atoms with Crippen molar-refractivity contribution in [3.05, 3.63) is 67.1 Å². The summed E-state index contributed by atoms with van der Waals surface area (Å²) in [6.45, 7) is 0. The second-order valence-electron chi connectivity index (χ2n) is 8.52. The van der Waals surface area contributed by atoms with Crippen molar-refractivity contribution in [2.45, 2.75) is 37.3 Å². The van der Waals surface area contributed by atoms with Crippen molar-refractivity contribution >= 4 is 22.8 Å². The molecule has 5 rings (SSSR count). The number of carbonyl (C=O) groups excluding carboxylic acids is 1. The number of nitrogens with zero attached hydrogens (tertiary/aromatic N) is 3. The van der Waals surface area contributed by atoms with Crippen LogP contribution in [0.1, 0.15) is 31.7 Å². The Kier molecular flexibility index (Phi) is 5.22. The maximum absolute atomic E-state index is 11.4. The number of nitrogens with two attached hydrogens (primary N) is 2. The molecule has 0 atom stereocenters. The predicted octanol–water partition coefficient (Wildman–Crippen LogP) is 3.04. The van der Waals surface area contributed by atoms with Crippen molar-refractivity contribution in [3.63, 3.8) is 0 Å². The first-order chi connectivity index (χ1) is 15.9. The van der Waals surface area contributed by atoms with Gasteiger partial charge >= 0.3 is 0 Å². The Morgan fingerprint density at radius 1 is 1.03 bits per heavy atom. The normalized spacial score (nSPS) is 20.6. The highest BCUT2D eigenvalue weighted by molar-refractivity contribution is 6.00. The highest BCUT2D eigenvalue weighted by Crippen LogP contribution is 2.40. The second kappa shape index (κ2) is 8.22. The Labute approximate surface area is 190 Å². The largest absolute Gasteiger partial charge is 0.548 e. The lowest BCUT2D eigenvalue weighted by Crippen LogP contribution is -2.57. The molecule has 0 amide bonds. The highest BCUT2D eigenvalue weighted by atomic mass is 16.5. The first-order valence-corrected chi connectivity index (χ1v) is 10.9. The maximum atomic E-state index is 11.4. The summed E-state index contributed by atoms with van der Waals surface area (Å²) < 4.78 is 7.98. The van der Waals surface area contributed by atoms with E-state index in [1.807, 2.05) is 60.8 Å². The van der Waals surface area contributed by atoms with Crippen molar-refractivity contribution in [1.29, 1.82) is 0 Å². The molecule has 0 saturated heterocycles. The fourth-order valence-electron chi connectivity index (χ4n) is 4.53. The summed E-state index contributed by atoms with van der Waals surface area (Å²) in [6, 6.07) is 17.4. The van der Waals surface area contributed by atoms with Crippen molar-refractivity contribution in [2.75, 3.05) is 5.73 Å². The lowest BCUT2D eigenvalue weighted by Gasteiger charge is -2.38. The van der Waals surface area contributed by atoms with Crippen LogP contribution in [0.2, 0.25) is 0 Å². The van der Waals surface area contributed by atoms with Gasteiger partial charge in [0.25, 0.3) is 0 Å². The molecule has 33 heavy (non-hydrogen) atoms. The molecule has 1 aliphatic rings. The number of aliphatic carboxylic acids is 1. The maximum Gasteiger partial charge on any atom is 0.146 e. The second-order valence-corrected chi connectivity index (χ2v) is 8.52. The third kappa shape index (κ3) is 3.89. The molecule has 0 unspecified atom stereocenters. The van der Waals surface area contributed by atoms with Crippen molar-refractivity contribution in [3.8, 4) is 22.6 Å². The third-order valence-electron chi connectivity index (χ3n) is 6.43. The summed E-state index contributed by atoms with van der Waals surface area (Å²) in [5, 5.41) is 12.2. The monoisotopic (exact) mass is 442 g/mol. The molecule has 1 saturated carbocycles. The smallest absolute Gasteiger partial charge is 0.146 e. The van der Waals surface area contributed by atoms with E-state index in [2.05, 4.69) is 14.5 Å². The van der Waals surface area contributed by atoms with E-state index in [1.54, 1.807) is 0 Å². The lowest BCUT2D eigenvalue weighted by molar-refractivity contribution is -0.314. The van der Waals surface area contributed by atoms with E-state index in [-0.39, 0.29) is 6.04 Å². The SMILES string of the molecule is Nc1ncnc2c1c(-c1ccc(Oc3ccccc3)cc1)cn2C1CCC(N)(C(=O)[O-])CC1. The molecule has 2 aromatic heterocycles. The van der Waals surface area contributed by atoms with Gasteiger partial charge in [-0.25, -0.2) is 9.97 Å². The predicted molar refractivity (Wildman–Crippen MR) is 123 cm³/mol. The van der Waals surface area contributed by atoms with Crippen molar-refractivity contribution in [2.24, 2.45) is 5.73 Å². The van der Waals surface area contributed by atoms with Crippen LogP contribution in [0.25, 0.3) is 22.2 Å². The van der Waals surface area contributed by atoms with E-state index in [1.165, 1.54) is 6.33 Å². The van der Waals surface area contributed by atoms with E-state index in [4.69, 9.17) is 16.2 Å². The molecule has 1 aliphatic carbocycles. The van der Waals surface area contributed by atoms with Crippen LogP contribution in [-0.2, 0) is 4.79 Å². The zero-order valence-corrected chi connectivity index (χ0v) is 18.0. The number of carbonyl (C=O) groups is 1. The van der Waals surface area contributed by atoms with Gasteiger partial charge in [-0.15, -0.1) is 0 Å². The van der Waals surface area contributed by atoms with Crippen LogP contribution >= 0.6 is 0 Å². The van der Waals surface area contributed by atoms with Gasteiger partial charge in [-0.1, -0.05) is 30.3 Å². The molecule has 0 aliphatic heterocycles. The van der Waals surface area contributed by atoms with E-state index < -0.39 is 11.5 Å². The Balaban J connectivity index is 1.48.